The fourth-order valence-electron chi connectivity index (χ4n) is 3.72. The predicted octanol–water partition coefficient (Wildman–Crippen LogP) is 2.21. The molecule has 0 atom stereocenters. The Labute approximate surface area is 173 Å². The Morgan fingerprint density at radius 1 is 1.13 bits per heavy atom. The minimum Gasteiger partial charge on any atom is -0.385 e. The maximum Gasteiger partial charge on any atom is 0.332 e. The van der Waals surface area contributed by atoms with E-state index >= 15 is 0 Å². The summed E-state index contributed by atoms with van der Waals surface area (Å²) < 4.78 is 11.7. The van der Waals surface area contributed by atoms with E-state index in [1.807, 2.05) is 60.2 Å². The number of benzene rings is 1. The highest BCUT2D eigenvalue weighted by Gasteiger charge is 2.19. The molecule has 0 saturated heterocycles. The molecule has 3 aromatic heterocycles. The van der Waals surface area contributed by atoms with Crippen molar-refractivity contribution in [2.24, 2.45) is 7.05 Å². The van der Waals surface area contributed by atoms with E-state index in [0.29, 0.717) is 23.5 Å². The van der Waals surface area contributed by atoms with Gasteiger partial charge in [0.15, 0.2) is 11.2 Å². The van der Waals surface area contributed by atoms with Crippen LogP contribution in [0.15, 0.2) is 52.2 Å². The average molecular weight is 407 g/mol. The first-order chi connectivity index (χ1) is 14.5. The van der Waals surface area contributed by atoms with Crippen molar-refractivity contribution in [1.29, 1.82) is 0 Å². The zero-order valence-corrected chi connectivity index (χ0v) is 17.4. The lowest BCUT2D eigenvalue weighted by Crippen LogP contribution is -2.39. The molecular formula is C22H25N5O3. The largest absolute Gasteiger partial charge is 0.385 e. The summed E-state index contributed by atoms with van der Waals surface area (Å²) in [5, 5.41) is 0. The minimum atomic E-state index is -0.381. The van der Waals surface area contributed by atoms with E-state index in [2.05, 4.69) is 4.98 Å². The number of allylic oxidation sites excluding steroid dienone is 1. The van der Waals surface area contributed by atoms with E-state index in [9.17, 15) is 9.59 Å². The van der Waals surface area contributed by atoms with Crippen LogP contribution in [0.4, 0.5) is 0 Å². The molecule has 4 rings (SSSR count). The van der Waals surface area contributed by atoms with Crippen molar-refractivity contribution in [2.45, 2.75) is 26.4 Å². The molecule has 0 spiro atoms. The summed E-state index contributed by atoms with van der Waals surface area (Å²) in [6.45, 7) is 3.54. The van der Waals surface area contributed by atoms with Gasteiger partial charge in [-0.15, -0.1) is 0 Å². The second kappa shape index (κ2) is 8.16. The normalized spacial score (nSPS) is 12.0. The molecule has 0 unspecified atom stereocenters. The highest BCUT2D eigenvalue weighted by molar-refractivity contribution is 5.75. The lowest BCUT2D eigenvalue weighted by Gasteiger charge is -2.06. The number of rotatable bonds is 7. The summed E-state index contributed by atoms with van der Waals surface area (Å²) in [6.07, 6.45) is 6.45. The Balaban J connectivity index is 1.80. The van der Waals surface area contributed by atoms with Crippen LogP contribution in [0.1, 0.15) is 17.7 Å². The number of aryl methyl sites for hydroxylation is 3. The van der Waals surface area contributed by atoms with Crippen LogP contribution in [-0.4, -0.2) is 36.8 Å². The molecule has 0 amide bonds. The van der Waals surface area contributed by atoms with Gasteiger partial charge in [0.25, 0.3) is 5.56 Å². The molecule has 30 heavy (non-hydrogen) atoms. The van der Waals surface area contributed by atoms with Crippen LogP contribution in [-0.2, 0) is 24.9 Å². The Hall–Kier alpha value is -3.39. The van der Waals surface area contributed by atoms with Gasteiger partial charge in [0, 0.05) is 45.7 Å². The molecular weight excluding hydrogens is 382 g/mol. The van der Waals surface area contributed by atoms with Gasteiger partial charge in [-0.05, 0) is 18.9 Å². The number of aromatic nitrogens is 5. The van der Waals surface area contributed by atoms with E-state index in [0.717, 1.165) is 24.2 Å². The van der Waals surface area contributed by atoms with Crippen molar-refractivity contribution < 1.29 is 4.74 Å². The van der Waals surface area contributed by atoms with E-state index in [1.165, 1.54) is 9.13 Å². The summed E-state index contributed by atoms with van der Waals surface area (Å²) in [6, 6.07) is 9.77. The summed E-state index contributed by atoms with van der Waals surface area (Å²) in [4.78, 5) is 30.7. The smallest absolute Gasteiger partial charge is 0.332 e. The van der Waals surface area contributed by atoms with Gasteiger partial charge < -0.3 is 9.30 Å². The molecule has 0 aliphatic rings. The van der Waals surface area contributed by atoms with E-state index in [1.54, 1.807) is 18.6 Å². The zero-order valence-electron chi connectivity index (χ0n) is 17.4. The number of imidazole rings is 2. The molecule has 8 heteroatoms. The van der Waals surface area contributed by atoms with Crippen LogP contribution < -0.4 is 11.2 Å². The van der Waals surface area contributed by atoms with Gasteiger partial charge in [0.1, 0.15) is 0 Å². The van der Waals surface area contributed by atoms with Crippen molar-refractivity contribution in [3.63, 3.8) is 0 Å². The SMILES string of the molecule is COCCCn1c(C)cn2c3c(=O)n(C/C=C/c4ccccc4)c(=O)n(C)c3nc12. The molecule has 0 bridgehead atoms. The lowest BCUT2D eigenvalue weighted by atomic mass is 10.2. The van der Waals surface area contributed by atoms with Crippen LogP contribution in [0.25, 0.3) is 23.0 Å². The molecule has 3 heterocycles. The molecule has 0 N–H and O–H groups in total. The van der Waals surface area contributed by atoms with E-state index in [-0.39, 0.29) is 17.8 Å². The number of methoxy groups -OCH3 is 1. The molecule has 0 fully saturated rings. The third-order valence-corrected chi connectivity index (χ3v) is 5.27. The van der Waals surface area contributed by atoms with Crippen molar-refractivity contribution in [2.75, 3.05) is 13.7 Å². The highest BCUT2D eigenvalue weighted by atomic mass is 16.5. The summed E-state index contributed by atoms with van der Waals surface area (Å²) in [5.74, 6) is 0.656. The van der Waals surface area contributed by atoms with Crippen molar-refractivity contribution in [3.05, 3.63) is 74.7 Å². The van der Waals surface area contributed by atoms with Crippen molar-refractivity contribution in [3.8, 4) is 0 Å². The molecule has 0 aliphatic carbocycles. The monoisotopic (exact) mass is 407 g/mol. The molecule has 4 aromatic rings. The third-order valence-electron chi connectivity index (χ3n) is 5.27. The number of ether oxygens (including phenoxy) is 1. The van der Waals surface area contributed by atoms with Gasteiger partial charge in [-0.25, -0.2) is 4.79 Å². The molecule has 0 radical (unpaired) electrons. The third kappa shape index (κ3) is 3.39. The minimum absolute atomic E-state index is 0.192. The molecule has 156 valence electrons. The maximum absolute atomic E-state index is 13.2. The van der Waals surface area contributed by atoms with E-state index < -0.39 is 0 Å². The van der Waals surface area contributed by atoms with E-state index in [4.69, 9.17) is 4.74 Å². The predicted molar refractivity (Wildman–Crippen MR) is 117 cm³/mol. The van der Waals surface area contributed by atoms with Gasteiger partial charge >= 0.3 is 5.69 Å². The van der Waals surface area contributed by atoms with Crippen molar-refractivity contribution in [1.82, 2.24) is 23.1 Å². The molecule has 0 saturated carbocycles. The van der Waals surface area contributed by atoms with Crippen molar-refractivity contribution >= 4 is 23.0 Å². The number of fused-ring (bicyclic) bond motifs is 3. The van der Waals surface area contributed by atoms with Crippen LogP contribution in [0.2, 0.25) is 0 Å². The summed E-state index contributed by atoms with van der Waals surface area (Å²) >= 11 is 0. The number of hydrogen-bond acceptors (Lipinski definition) is 4. The Bertz CT molecular complexity index is 1340. The summed E-state index contributed by atoms with van der Waals surface area (Å²) in [7, 11) is 3.32. The quantitative estimate of drug-likeness (QED) is 0.440. The summed E-state index contributed by atoms with van der Waals surface area (Å²) in [5.41, 5.74) is 2.09. The number of nitrogens with zero attached hydrogens (tertiary/aromatic N) is 5. The standard InChI is InChI=1S/C22H25N5O3/c1-16-15-27-18-19(23-21(27)25(16)13-8-14-30-3)24(2)22(29)26(20(18)28)12-7-11-17-9-5-4-6-10-17/h4-7,9-11,15H,8,12-14H2,1-3H3/b11-7+. The molecule has 0 aliphatic heterocycles. The Kier molecular flexibility index (Phi) is 5.41. The fourth-order valence-corrected chi connectivity index (χ4v) is 3.72. The first-order valence-electron chi connectivity index (χ1n) is 9.91. The first-order valence-corrected chi connectivity index (χ1v) is 9.91. The van der Waals surface area contributed by atoms with Gasteiger partial charge in [-0.3, -0.25) is 18.3 Å². The maximum atomic E-state index is 13.2. The second-order valence-electron chi connectivity index (χ2n) is 7.29. The fraction of sp³-hybridized carbons (Fsp3) is 0.318. The molecule has 1 aromatic carbocycles. The topological polar surface area (TPSA) is 75.5 Å². The van der Waals surface area contributed by atoms with Gasteiger partial charge in [-0.1, -0.05) is 42.5 Å². The van der Waals surface area contributed by atoms with Crippen LogP contribution in [0.5, 0.6) is 0 Å². The first kappa shape index (κ1) is 19.9. The number of hydrogen-bond donors (Lipinski definition) is 0. The van der Waals surface area contributed by atoms with Crippen LogP contribution >= 0.6 is 0 Å². The van der Waals surface area contributed by atoms with Gasteiger partial charge in [-0.2, -0.15) is 4.98 Å². The zero-order chi connectivity index (χ0) is 21.3. The van der Waals surface area contributed by atoms with Crippen LogP contribution in [0.3, 0.4) is 0 Å². The van der Waals surface area contributed by atoms with Gasteiger partial charge in [0.05, 0.1) is 0 Å². The Morgan fingerprint density at radius 2 is 1.90 bits per heavy atom. The lowest BCUT2D eigenvalue weighted by molar-refractivity contribution is 0.190. The highest BCUT2D eigenvalue weighted by Crippen LogP contribution is 2.16. The second-order valence-corrected chi connectivity index (χ2v) is 7.29. The van der Waals surface area contributed by atoms with Crippen LogP contribution in [0, 0.1) is 6.92 Å². The van der Waals surface area contributed by atoms with Gasteiger partial charge in [0.2, 0.25) is 5.78 Å². The Morgan fingerprint density at radius 3 is 2.63 bits per heavy atom. The average Bonchev–Trinajstić information content (AvgIpc) is 3.25. The molecule has 8 nitrogen and oxygen atoms in total.